The fraction of sp³-hybridized carbons (Fsp3) is 0.682. The zero-order valence-corrected chi connectivity index (χ0v) is 17.3. The van der Waals surface area contributed by atoms with Gasteiger partial charge in [0.1, 0.15) is 6.10 Å². The van der Waals surface area contributed by atoms with Gasteiger partial charge in [0, 0.05) is 22.7 Å². The number of esters is 1. The molecule has 0 aromatic rings. The number of carbonyl (C=O) groups excluding carboxylic acids is 3. The normalized spacial score (nSPS) is 45.0. The molecule has 0 aromatic heterocycles. The molecule has 0 unspecified atom stereocenters. The lowest BCUT2D eigenvalue weighted by molar-refractivity contribution is -0.217. The zero-order chi connectivity index (χ0) is 20.6. The standard InChI is InChI=1S/C22H28O6/c1-10-7-14(26-5)20(25)22(4)12(10)8-15-21(3)13(9-16(23)28-15)11(2)18(27-6)17(24)19(21)22/h7,10,12-13,15,19H,8-9H2,1-6H3/t10-,12-,13+,15-,19-,21-,22-/m0/s1. The minimum Gasteiger partial charge on any atom is -0.493 e. The number of ketones is 2. The van der Waals surface area contributed by atoms with Crippen LogP contribution in [-0.2, 0) is 28.6 Å². The van der Waals surface area contributed by atoms with Crippen molar-refractivity contribution in [1.82, 2.24) is 0 Å². The molecule has 0 spiro atoms. The van der Waals surface area contributed by atoms with Crippen LogP contribution in [0.15, 0.2) is 23.2 Å². The minimum absolute atomic E-state index is 0.0204. The quantitative estimate of drug-likeness (QED) is 0.677. The van der Waals surface area contributed by atoms with Crippen molar-refractivity contribution in [2.75, 3.05) is 14.2 Å². The van der Waals surface area contributed by atoms with Crippen molar-refractivity contribution in [1.29, 1.82) is 0 Å². The van der Waals surface area contributed by atoms with Crippen LogP contribution in [0.5, 0.6) is 0 Å². The molecule has 0 amide bonds. The molecule has 0 aromatic carbocycles. The summed E-state index contributed by atoms with van der Waals surface area (Å²) in [4.78, 5) is 39.6. The summed E-state index contributed by atoms with van der Waals surface area (Å²) < 4.78 is 16.7. The highest BCUT2D eigenvalue weighted by atomic mass is 16.5. The SMILES string of the molecule is COC1=C[C@H](C)[C@@H]2C[C@@H]3OC(=O)C[C@@H]4C(C)=C(OC)C(=O)[C@H]([C@@]2(C)C1=O)[C@]34C. The fourth-order valence-electron chi connectivity index (χ4n) is 6.81. The summed E-state index contributed by atoms with van der Waals surface area (Å²) in [6.07, 6.45) is 2.21. The van der Waals surface area contributed by atoms with Gasteiger partial charge in [-0.2, -0.15) is 0 Å². The molecule has 1 saturated carbocycles. The van der Waals surface area contributed by atoms with E-state index < -0.39 is 22.9 Å². The van der Waals surface area contributed by atoms with Gasteiger partial charge in [0.15, 0.2) is 11.5 Å². The maximum Gasteiger partial charge on any atom is 0.306 e. The number of Topliss-reactive ketones (excluding diaryl/α,β-unsaturated/α-hetero) is 2. The molecule has 6 heteroatoms. The van der Waals surface area contributed by atoms with Crippen LogP contribution in [0.25, 0.3) is 0 Å². The van der Waals surface area contributed by atoms with Crippen molar-refractivity contribution in [3.8, 4) is 0 Å². The first-order valence-electron chi connectivity index (χ1n) is 9.91. The van der Waals surface area contributed by atoms with E-state index in [-0.39, 0.29) is 47.5 Å². The van der Waals surface area contributed by atoms with Crippen LogP contribution < -0.4 is 0 Å². The van der Waals surface area contributed by atoms with E-state index in [2.05, 4.69) is 0 Å². The highest BCUT2D eigenvalue weighted by Gasteiger charge is 2.72. The Balaban J connectivity index is 1.99. The van der Waals surface area contributed by atoms with Crippen molar-refractivity contribution in [3.05, 3.63) is 23.2 Å². The lowest BCUT2D eigenvalue weighted by atomic mass is 9.40. The van der Waals surface area contributed by atoms with Crippen molar-refractivity contribution < 1.29 is 28.6 Å². The number of hydrogen-bond acceptors (Lipinski definition) is 6. The van der Waals surface area contributed by atoms with Crippen LogP contribution in [0.3, 0.4) is 0 Å². The Hall–Kier alpha value is -2.11. The molecule has 2 fully saturated rings. The second kappa shape index (κ2) is 5.94. The Morgan fingerprint density at radius 2 is 1.82 bits per heavy atom. The van der Waals surface area contributed by atoms with Gasteiger partial charge in [0.25, 0.3) is 0 Å². The lowest BCUT2D eigenvalue weighted by Gasteiger charge is -2.64. The average molecular weight is 388 g/mol. The summed E-state index contributed by atoms with van der Waals surface area (Å²) in [5.74, 6) is -0.854. The summed E-state index contributed by atoms with van der Waals surface area (Å²) >= 11 is 0. The highest BCUT2D eigenvalue weighted by molar-refractivity contribution is 6.07. The molecule has 4 rings (SSSR count). The van der Waals surface area contributed by atoms with Crippen LogP contribution in [-0.4, -0.2) is 37.9 Å². The summed E-state index contributed by atoms with van der Waals surface area (Å²) in [5, 5.41) is 0. The first-order chi connectivity index (χ1) is 13.1. The van der Waals surface area contributed by atoms with Gasteiger partial charge < -0.3 is 14.2 Å². The molecule has 7 atom stereocenters. The van der Waals surface area contributed by atoms with Gasteiger partial charge in [-0.05, 0) is 36.8 Å². The predicted octanol–water partition coefficient (Wildman–Crippen LogP) is 2.82. The van der Waals surface area contributed by atoms with Crippen LogP contribution in [0.4, 0.5) is 0 Å². The van der Waals surface area contributed by atoms with Crippen molar-refractivity contribution >= 4 is 17.5 Å². The second-order valence-corrected chi connectivity index (χ2v) is 9.16. The zero-order valence-electron chi connectivity index (χ0n) is 17.3. The summed E-state index contributed by atoms with van der Waals surface area (Å²) in [6.45, 7) is 7.80. The molecule has 1 saturated heterocycles. The van der Waals surface area contributed by atoms with E-state index in [1.807, 2.05) is 33.8 Å². The Labute approximate surface area is 165 Å². The smallest absolute Gasteiger partial charge is 0.306 e. The first-order valence-corrected chi connectivity index (χ1v) is 9.91. The summed E-state index contributed by atoms with van der Waals surface area (Å²) in [5.41, 5.74) is -0.795. The minimum atomic E-state index is -0.936. The van der Waals surface area contributed by atoms with E-state index in [9.17, 15) is 14.4 Å². The average Bonchev–Trinajstić information content (AvgIpc) is 2.63. The number of allylic oxidation sites excluding steroid dienone is 4. The third-order valence-corrected chi connectivity index (χ3v) is 8.10. The van der Waals surface area contributed by atoms with Gasteiger partial charge in [0.05, 0.1) is 20.6 Å². The molecule has 1 aliphatic heterocycles. The first kappa shape index (κ1) is 19.2. The molecule has 28 heavy (non-hydrogen) atoms. The number of rotatable bonds is 2. The number of hydrogen-bond donors (Lipinski definition) is 0. The van der Waals surface area contributed by atoms with E-state index in [1.165, 1.54) is 14.2 Å². The fourth-order valence-corrected chi connectivity index (χ4v) is 6.81. The van der Waals surface area contributed by atoms with Crippen LogP contribution >= 0.6 is 0 Å². The Morgan fingerprint density at radius 3 is 2.43 bits per heavy atom. The number of carbonyl (C=O) groups is 3. The molecular weight excluding hydrogens is 360 g/mol. The van der Waals surface area contributed by atoms with E-state index in [0.717, 1.165) is 5.57 Å². The van der Waals surface area contributed by atoms with Gasteiger partial charge in [-0.25, -0.2) is 0 Å². The monoisotopic (exact) mass is 388 g/mol. The molecule has 4 aliphatic rings. The molecule has 0 bridgehead atoms. The van der Waals surface area contributed by atoms with Gasteiger partial charge in [0.2, 0.25) is 11.6 Å². The van der Waals surface area contributed by atoms with Gasteiger partial charge in [-0.15, -0.1) is 0 Å². The van der Waals surface area contributed by atoms with E-state index >= 15 is 0 Å². The topological polar surface area (TPSA) is 78.9 Å². The molecule has 0 N–H and O–H groups in total. The molecule has 3 aliphatic carbocycles. The number of methoxy groups -OCH3 is 2. The van der Waals surface area contributed by atoms with E-state index in [4.69, 9.17) is 14.2 Å². The van der Waals surface area contributed by atoms with Crippen LogP contribution in [0.2, 0.25) is 0 Å². The van der Waals surface area contributed by atoms with Crippen LogP contribution in [0, 0.1) is 34.5 Å². The molecule has 152 valence electrons. The second-order valence-electron chi connectivity index (χ2n) is 9.16. The van der Waals surface area contributed by atoms with Gasteiger partial charge >= 0.3 is 5.97 Å². The van der Waals surface area contributed by atoms with Crippen LogP contribution in [0.1, 0.15) is 40.5 Å². The van der Waals surface area contributed by atoms with Crippen molar-refractivity contribution in [3.63, 3.8) is 0 Å². The number of fused-ring (bicyclic) bond motifs is 2. The Morgan fingerprint density at radius 1 is 1.14 bits per heavy atom. The van der Waals surface area contributed by atoms with E-state index in [1.54, 1.807) is 0 Å². The Bertz CT molecular complexity index is 838. The van der Waals surface area contributed by atoms with Gasteiger partial charge in [-0.3, -0.25) is 14.4 Å². The third kappa shape index (κ3) is 2.06. The molecule has 1 heterocycles. The van der Waals surface area contributed by atoms with Gasteiger partial charge in [-0.1, -0.05) is 20.8 Å². The lowest BCUT2D eigenvalue weighted by Crippen LogP contribution is -2.69. The van der Waals surface area contributed by atoms with E-state index in [0.29, 0.717) is 12.2 Å². The highest BCUT2D eigenvalue weighted by Crippen LogP contribution is 2.67. The maximum atomic E-state index is 13.7. The molecule has 0 radical (unpaired) electrons. The Kier molecular flexibility index (Phi) is 4.08. The molecular formula is C22H28O6. The summed E-state index contributed by atoms with van der Waals surface area (Å²) in [7, 11) is 2.97. The largest absolute Gasteiger partial charge is 0.493 e. The summed E-state index contributed by atoms with van der Waals surface area (Å²) in [6, 6.07) is 0. The third-order valence-electron chi connectivity index (χ3n) is 8.10. The van der Waals surface area contributed by atoms with Crippen molar-refractivity contribution in [2.24, 2.45) is 34.5 Å². The van der Waals surface area contributed by atoms with Crippen molar-refractivity contribution in [2.45, 2.75) is 46.6 Å². The predicted molar refractivity (Wildman–Crippen MR) is 99.8 cm³/mol. The maximum absolute atomic E-state index is 13.7. The molecule has 6 nitrogen and oxygen atoms in total. The number of ether oxygens (including phenoxy) is 3.